The summed E-state index contributed by atoms with van der Waals surface area (Å²) >= 11 is 1.74. The Hall–Kier alpha value is -4.81. The second-order valence-electron chi connectivity index (χ2n) is 9.45. The highest BCUT2D eigenvalue weighted by molar-refractivity contribution is 7.99. The number of fused-ring (bicyclic) bond motifs is 2. The average Bonchev–Trinajstić information content (AvgIpc) is 3.02. The molecular weight excluding hydrogens is 514 g/mol. The molecule has 0 saturated heterocycles. The van der Waals surface area contributed by atoms with Crippen molar-refractivity contribution in [2.75, 3.05) is 5.32 Å². The zero-order valence-corrected chi connectivity index (χ0v) is 22.7. The summed E-state index contributed by atoms with van der Waals surface area (Å²) in [6.07, 6.45) is 0. The second-order valence-corrected chi connectivity index (χ2v) is 10.5. The first kappa shape index (κ1) is 25.5. The summed E-state index contributed by atoms with van der Waals surface area (Å²) < 4.78 is 5.94. The van der Waals surface area contributed by atoms with Gasteiger partial charge in [0.25, 0.3) is 5.91 Å². The summed E-state index contributed by atoms with van der Waals surface area (Å²) in [5.41, 5.74) is 10.3. The number of ether oxygens (including phenoxy) is 1. The molecule has 5 aromatic rings. The van der Waals surface area contributed by atoms with Crippen molar-refractivity contribution < 1.29 is 9.53 Å². The maximum atomic E-state index is 12.7. The van der Waals surface area contributed by atoms with Crippen LogP contribution in [0.4, 0.5) is 11.4 Å². The van der Waals surface area contributed by atoms with Gasteiger partial charge in [-0.25, -0.2) is 5.43 Å². The van der Waals surface area contributed by atoms with Gasteiger partial charge in [0.1, 0.15) is 12.4 Å². The molecule has 40 heavy (non-hydrogen) atoms. The third-order valence-electron chi connectivity index (χ3n) is 6.68. The third kappa shape index (κ3) is 5.77. The van der Waals surface area contributed by atoms with Crippen LogP contribution in [0.15, 0.2) is 136 Å². The molecule has 0 atom stereocenters. The van der Waals surface area contributed by atoms with E-state index in [-0.39, 0.29) is 5.91 Å². The molecule has 0 unspecified atom stereocenters. The first-order valence-electron chi connectivity index (χ1n) is 13.0. The van der Waals surface area contributed by atoms with Crippen molar-refractivity contribution in [3.63, 3.8) is 0 Å². The van der Waals surface area contributed by atoms with Crippen molar-refractivity contribution in [3.8, 4) is 16.9 Å². The normalized spacial score (nSPS) is 12.1. The Morgan fingerprint density at radius 3 is 2.23 bits per heavy atom. The molecule has 1 heterocycles. The Morgan fingerprint density at radius 1 is 0.750 bits per heavy atom. The molecule has 0 radical (unpaired) electrons. The fraction of sp³-hybridized carbons (Fsp3) is 0.0588. The van der Waals surface area contributed by atoms with E-state index in [1.807, 2.05) is 67.6 Å². The average molecular weight is 542 g/mol. The van der Waals surface area contributed by atoms with Crippen molar-refractivity contribution >= 4 is 34.8 Å². The lowest BCUT2D eigenvalue weighted by Gasteiger charge is -2.21. The van der Waals surface area contributed by atoms with Gasteiger partial charge in [-0.15, -0.1) is 0 Å². The highest BCUT2D eigenvalue weighted by atomic mass is 32.2. The van der Waals surface area contributed by atoms with E-state index in [1.54, 1.807) is 23.9 Å². The Morgan fingerprint density at radius 2 is 1.43 bits per heavy atom. The predicted molar refractivity (Wildman–Crippen MR) is 163 cm³/mol. The van der Waals surface area contributed by atoms with Gasteiger partial charge in [0.15, 0.2) is 0 Å². The van der Waals surface area contributed by atoms with Crippen LogP contribution in [-0.2, 0) is 6.61 Å². The van der Waals surface area contributed by atoms with Crippen LogP contribution in [0.3, 0.4) is 0 Å². The lowest BCUT2D eigenvalue weighted by Crippen LogP contribution is -2.19. The smallest absolute Gasteiger partial charge is 0.271 e. The molecular formula is C34H27N3O2S. The quantitative estimate of drug-likeness (QED) is 0.158. The molecule has 6 rings (SSSR count). The van der Waals surface area contributed by atoms with Crippen molar-refractivity contribution in [2.45, 2.75) is 23.3 Å². The minimum atomic E-state index is -0.260. The number of hydrazone groups is 1. The number of amides is 1. The van der Waals surface area contributed by atoms with Crippen molar-refractivity contribution in [3.05, 3.63) is 138 Å². The number of benzene rings is 5. The predicted octanol–water partition coefficient (Wildman–Crippen LogP) is 8.29. The van der Waals surface area contributed by atoms with Crippen LogP contribution in [-0.4, -0.2) is 11.6 Å². The van der Waals surface area contributed by atoms with E-state index < -0.39 is 0 Å². The van der Waals surface area contributed by atoms with Gasteiger partial charge in [-0.1, -0.05) is 84.6 Å². The zero-order chi connectivity index (χ0) is 27.3. The number of hydrogen-bond acceptors (Lipinski definition) is 5. The van der Waals surface area contributed by atoms with Crippen LogP contribution in [0.25, 0.3) is 11.1 Å². The Balaban J connectivity index is 1.04. The lowest BCUT2D eigenvalue weighted by atomic mass is 10.1. The summed E-state index contributed by atoms with van der Waals surface area (Å²) in [5, 5.41) is 7.84. The van der Waals surface area contributed by atoms with Crippen molar-refractivity contribution in [2.24, 2.45) is 5.10 Å². The first-order valence-corrected chi connectivity index (χ1v) is 13.8. The van der Waals surface area contributed by atoms with E-state index in [0.717, 1.165) is 44.4 Å². The topological polar surface area (TPSA) is 62.7 Å². The molecule has 0 spiro atoms. The number of rotatable bonds is 7. The Bertz CT molecular complexity index is 1680. The molecule has 0 aromatic heterocycles. The van der Waals surface area contributed by atoms with Crippen molar-refractivity contribution in [1.29, 1.82) is 0 Å². The lowest BCUT2D eigenvalue weighted by molar-refractivity contribution is 0.0954. The number of carbonyl (C=O) groups excluding carboxylic acids is 1. The number of nitrogens with one attached hydrogen (secondary N) is 2. The van der Waals surface area contributed by atoms with Crippen LogP contribution < -0.4 is 15.5 Å². The summed E-state index contributed by atoms with van der Waals surface area (Å²) in [6.45, 7) is 2.30. The second kappa shape index (κ2) is 11.5. The number of carbonyl (C=O) groups is 1. The number of nitrogens with zero attached hydrogens (tertiary/aromatic N) is 1. The van der Waals surface area contributed by atoms with Crippen molar-refractivity contribution in [1.82, 2.24) is 5.43 Å². The molecule has 5 nitrogen and oxygen atoms in total. The molecule has 0 saturated carbocycles. The molecule has 6 heteroatoms. The van der Waals surface area contributed by atoms with Gasteiger partial charge in [0.05, 0.1) is 17.1 Å². The molecule has 0 fully saturated rings. The van der Waals surface area contributed by atoms with E-state index in [9.17, 15) is 4.79 Å². The summed E-state index contributed by atoms with van der Waals surface area (Å²) in [5.74, 6) is 0.537. The Labute approximate surface area is 237 Å². The van der Waals surface area contributed by atoms with Crippen LogP contribution in [0, 0.1) is 0 Å². The highest BCUT2D eigenvalue weighted by Crippen LogP contribution is 2.44. The maximum absolute atomic E-state index is 12.7. The molecule has 2 N–H and O–H groups in total. The van der Waals surface area contributed by atoms with Gasteiger partial charge in [0, 0.05) is 15.4 Å². The summed E-state index contributed by atoms with van der Waals surface area (Å²) in [6, 6.07) is 40.1. The standard InChI is InChI=1S/C34H27N3O2S/c1-23(28-17-20-33-31(21-28)35-30-9-5-6-10-32(30)40-33)36-37-34(38)27-13-11-24(12-14-27)22-39-29-18-15-26(16-19-29)25-7-3-2-4-8-25/h2-21,35H,22H2,1H3,(H,37,38)/b36-23-. The monoisotopic (exact) mass is 541 g/mol. The third-order valence-corrected chi connectivity index (χ3v) is 7.83. The van der Waals surface area contributed by atoms with E-state index >= 15 is 0 Å². The number of anilines is 2. The first-order chi connectivity index (χ1) is 19.6. The zero-order valence-electron chi connectivity index (χ0n) is 21.9. The number of para-hydroxylation sites is 1. The van der Waals surface area contributed by atoms with Gasteiger partial charge in [-0.2, -0.15) is 5.10 Å². The molecule has 0 aliphatic carbocycles. The largest absolute Gasteiger partial charge is 0.489 e. The van der Waals surface area contributed by atoms with E-state index in [0.29, 0.717) is 12.2 Å². The summed E-state index contributed by atoms with van der Waals surface area (Å²) in [7, 11) is 0. The van der Waals surface area contributed by atoms with Gasteiger partial charge in [-0.05, 0) is 77.7 Å². The molecule has 1 amide bonds. The molecule has 5 aromatic carbocycles. The van der Waals surface area contributed by atoms with Gasteiger partial charge < -0.3 is 10.1 Å². The Kier molecular flexibility index (Phi) is 7.33. The van der Waals surface area contributed by atoms with E-state index in [2.05, 4.69) is 64.4 Å². The molecule has 1 aliphatic heterocycles. The van der Waals surface area contributed by atoms with Crippen LogP contribution in [0.1, 0.15) is 28.4 Å². The van der Waals surface area contributed by atoms with Crippen LogP contribution >= 0.6 is 11.8 Å². The van der Waals surface area contributed by atoms with E-state index in [4.69, 9.17) is 4.74 Å². The summed E-state index contributed by atoms with van der Waals surface area (Å²) in [4.78, 5) is 15.1. The number of hydrogen-bond donors (Lipinski definition) is 2. The van der Waals surface area contributed by atoms with Gasteiger partial charge >= 0.3 is 0 Å². The SMILES string of the molecule is C/C(=N/NC(=O)c1ccc(COc2ccc(-c3ccccc3)cc2)cc1)c1ccc2c(c1)Nc1ccccc1S2. The highest BCUT2D eigenvalue weighted by Gasteiger charge is 2.16. The minimum absolute atomic E-state index is 0.260. The maximum Gasteiger partial charge on any atom is 0.271 e. The molecule has 196 valence electrons. The fourth-order valence-corrected chi connectivity index (χ4v) is 5.39. The molecule has 0 bridgehead atoms. The fourth-order valence-electron chi connectivity index (χ4n) is 4.42. The van der Waals surface area contributed by atoms with Crippen LogP contribution in [0.5, 0.6) is 5.75 Å². The van der Waals surface area contributed by atoms with Gasteiger partial charge in [-0.3, -0.25) is 4.79 Å². The van der Waals surface area contributed by atoms with Crippen LogP contribution in [0.2, 0.25) is 0 Å². The van der Waals surface area contributed by atoms with Gasteiger partial charge in [0.2, 0.25) is 0 Å². The van der Waals surface area contributed by atoms with E-state index in [1.165, 1.54) is 10.5 Å². The molecule has 1 aliphatic rings. The minimum Gasteiger partial charge on any atom is -0.489 e.